The molecule has 0 radical (unpaired) electrons. The lowest BCUT2D eigenvalue weighted by molar-refractivity contribution is 0.101. The van der Waals surface area contributed by atoms with Crippen molar-refractivity contribution in [3.8, 4) is 11.5 Å². The SMILES string of the molecule is COc1cc(C(=O)Nc2ccc(C(C)=O)cc2)ccc1OC(C)C. The fraction of sp³-hybridized carbons (Fsp3) is 0.263. The standard InChI is InChI=1S/C19H21NO4/c1-12(2)24-17-10-7-15(11-18(17)23-4)19(22)20-16-8-5-14(6-9-16)13(3)21/h5-12H,1-4H3,(H,20,22). The molecule has 0 aromatic heterocycles. The summed E-state index contributed by atoms with van der Waals surface area (Å²) in [4.78, 5) is 23.6. The van der Waals surface area contributed by atoms with E-state index in [1.165, 1.54) is 14.0 Å². The highest BCUT2D eigenvalue weighted by Gasteiger charge is 2.12. The predicted octanol–water partition coefficient (Wildman–Crippen LogP) is 3.94. The van der Waals surface area contributed by atoms with Crippen LogP contribution in [-0.4, -0.2) is 24.9 Å². The zero-order chi connectivity index (χ0) is 17.7. The quantitative estimate of drug-likeness (QED) is 0.816. The van der Waals surface area contributed by atoms with Crippen molar-refractivity contribution >= 4 is 17.4 Å². The summed E-state index contributed by atoms with van der Waals surface area (Å²) in [6, 6.07) is 11.8. The number of amides is 1. The summed E-state index contributed by atoms with van der Waals surface area (Å²) >= 11 is 0. The smallest absolute Gasteiger partial charge is 0.255 e. The molecule has 5 heteroatoms. The highest BCUT2D eigenvalue weighted by molar-refractivity contribution is 6.05. The third-order valence-corrected chi connectivity index (χ3v) is 3.34. The van der Waals surface area contributed by atoms with Gasteiger partial charge >= 0.3 is 0 Å². The number of carbonyl (C=O) groups excluding carboxylic acids is 2. The normalized spacial score (nSPS) is 10.4. The van der Waals surface area contributed by atoms with Gasteiger partial charge in [-0.1, -0.05) is 0 Å². The van der Waals surface area contributed by atoms with Crippen LogP contribution in [0.15, 0.2) is 42.5 Å². The fourth-order valence-electron chi connectivity index (χ4n) is 2.15. The number of ketones is 1. The molecule has 0 saturated carbocycles. The molecule has 0 bridgehead atoms. The minimum Gasteiger partial charge on any atom is -0.493 e. The number of nitrogens with one attached hydrogen (secondary N) is 1. The van der Waals surface area contributed by atoms with Gasteiger partial charge < -0.3 is 14.8 Å². The first kappa shape index (κ1) is 17.5. The Morgan fingerprint density at radius 2 is 1.58 bits per heavy atom. The van der Waals surface area contributed by atoms with Crippen LogP contribution < -0.4 is 14.8 Å². The van der Waals surface area contributed by atoms with Crippen LogP contribution in [0, 0.1) is 0 Å². The number of ether oxygens (including phenoxy) is 2. The molecule has 0 unspecified atom stereocenters. The largest absolute Gasteiger partial charge is 0.493 e. The molecule has 0 fully saturated rings. The van der Waals surface area contributed by atoms with Crippen molar-refractivity contribution in [3.05, 3.63) is 53.6 Å². The number of hydrogen-bond donors (Lipinski definition) is 1. The van der Waals surface area contributed by atoms with Crippen molar-refractivity contribution in [2.24, 2.45) is 0 Å². The van der Waals surface area contributed by atoms with Gasteiger partial charge in [0.25, 0.3) is 5.91 Å². The number of carbonyl (C=O) groups is 2. The maximum Gasteiger partial charge on any atom is 0.255 e. The Morgan fingerprint density at radius 1 is 0.958 bits per heavy atom. The van der Waals surface area contributed by atoms with E-state index in [0.29, 0.717) is 28.3 Å². The van der Waals surface area contributed by atoms with Gasteiger partial charge in [-0.15, -0.1) is 0 Å². The zero-order valence-electron chi connectivity index (χ0n) is 14.3. The Balaban J connectivity index is 2.15. The number of hydrogen-bond acceptors (Lipinski definition) is 4. The maximum absolute atomic E-state index is 12.4. The molecule has 0 atom stereocenters. The van der Waals surface area contributed by atoms with Gasteiger partial charge in [-0.05, 0) is 63.2 Å². The Bertz CT molecular complexity index is 736. The molecule has 0 spiro atoms. The molecule has 0 saturated heterocycles. The molecule has 0 aliphatic heterocycles. The van der Waals surface area contributed by atoms with Crippen molar-refractivity contribution < 1.29 is 19.1 Å². The third kappa shape index (κ3) is 4.35. The van der Waals surface area contributed by atoms with Gasteiger partial charge in [0.1, 0.15) is 0 Å². The van der Waals surface area contributed by atoms with Gasteiger partial charge in [0, 0.05) is 16.8 Å². The topological polar surface area (TPSA) is 64.6 Å². The van der Waals surface area contributed by atoms with Crippen LogP contribution in [0.2, 0.25) is 0 Å². The van der Waals surface area contributed by atoms with Gasteiger partial charge in [-0.3, -0.25) is 9.59 Å². The van der Waals surface area contributed by atoms with E-state index in [9.17, 15) is 9.59 Å². The monoisotopic (exact) mass is 327 g/mol. The van der Waals surface area contributed by atoms with Gasteiger partial charge in [0.05, 0.1) is 13.2 Å². The minimum atomic E-state index is -0.264. The van der Waals surface area contributed by atoms with Crippen LogP contribution in [-0.2, 0) is 0 Å². The second-order valence-corrected chi connectivity index (χ2v) is 5.62. The maximum atomic E-state index is 12.4. The van der Waals surface area contributed by atoms with Crippen LogP contribution in [0.3, 0.4) is 0 Å². The molecule has 0 aliphatic rings. The second kappa shape index (κ2) is 7.64. The van der Waals surface area contributed by atoms with E-state index < -0.39 is 0 Å². The molecule has 5 nitrogen and oxygen atoms in total. The molecule has 24 heavy (non-hydrogen) atoms. The summed E-state index contributed by atoms with van der Waals surface area (Å²) in [6.07, 6.45) is 0.0124. The number of rotatable bonds is 6. The Kier molecular flexibility index (Phi) is 5.58. The van der Waals surface area contributed by atoms with Crippen LogP contribution in [0.5, 0.6) is 11.5 Å². The zero-order valence-corrected chi connectivity index (χ0v) is 14.3. The van der Waals surface area contributed by atoms with Gasteiger partial charge in [-0.25, -0.2) is 0 Å². The van der Waals surface area contributed by atoms with Crippen molar-refractivity contribution in [2.45, 2.75) is 26.9 Å². The van der Waals surface area contributed by atoms with Crippen LogP contribution in [0.4, 0.5) is 5.69 Å². The summed E-state index contributed by atoms with van der Waals surface area (Å²) < 4.78 is 10.9. The number of methoxy groups -OCH3 is 1. The van der Waals surface area contributed by atoms with Crippen LogP contribution in [0.25, 0.3) is 0 Å². The number of benzene rings is 2. The molecule has 1 N–H and O–H groups in total. The van der Waals surface area contributed by atoms with Gasteiger partial charge in [0.2, 0.25) is 0 Å². The Labute approximate surface area is 141 Å². The van der Waals surface area contributed by atoms with E-state index in [2.05, 4.69) is 5.32 Å². The van der Waals surface area contributed by atoms with Crippen molar-refractivity contribution in [2.75, 3.05) is 12.4 Å². The van der Waals surface area contributed by atoms with E-state index in [4.69, 9.17) is 9.47 Å². The van der Waals surface area contributed by atoms with Crippen molar-refractivity contribution in [1.82, 2.24) is 0 Å². The van der Waals surface area contributed by atoms with Crippen molar-refractivity contribution in [3.63, 3.8) is 0 Å². The molecular formula is C19H21NO4. The third-order valence-electron chi connectivity index (χ3n) is 3.34. The summed E-state index contributed by atoms with van der Waals surface area (Å²) in [6.45, 7) is 5.34. The summed E-state index contributed by atoms with van der Waals surface area (Å²) in [5.41, 5.74) is 1.68. The molecule has 126 valence electrons. The minimum absolute atomic E-state index is 0.0124. The highest BCUT2D eigenvalue weighted by atomic mass is 16.5. The Morgan fingerprint density at radius 3 is 2.12 bits per heavy atom. The number of Topliss-reactive ketones (excluding diaryl/α,β-unsaturated/α-hetero) is 1. The van der Waals surface area contributed by atoms with E-state index in [1.807, 2.05) is 13.8 Å². The lowest BCUT2D eigenvalue weighted by atomic mass is 10.1. The summed E-state index contributed by atoms with van der Waals surface area (Å²) in [5.74, 6) is 0.816. The first-order valence-electron chi connectivity index (χ1n) is 7.67. The number of anilines is 1. The fourth-order valence-corrected chi connectivity index (χ4v) is 2.15. The molecule has 0 aliphatic carbocycles. The van der Waals surface area contributed by atoms with E-state index in [1.54, 1.807) is 42.5 Å². The summed E-state index contributed by atoms with van der Waals surface area (Å²) in [7, 11) is 1.53. The van der Waals surface area contributed by atoms with Crippen LogP contribution >= 0.6 is 0 Å². The van der Waals surface area contributed by atoms with Crippen molar-refractivity contribution in [1.29, 1.82) is 0 Å². The highest BCUT2D eigenvalue weighted by Crippen LogP contribution is 2.29. The van der Waals surface area contributed by atoms with E-state index in [0.717, 1.165) is 0 Å². The first-order chi connectivity index (χ1) is 11.4. The molecule has 1 amide bonds. The average molecular weight is 327 g/mol. The van der Waals surface area contributed by atoms with E-state index in [-0.39, 0.29) is 17.8 Å². The Hall–Kier alpha value is -2.82. The average Bonchev–Trinajstić information content (AvgIpc) is 2.55. The van der Waals surface area contributed by atoms with Gasteiger partial charge in [-0.2, -0.15) is 0 Å². The molecule has 2 aromatic carbocycles. The molecule has 0 heterocycles. The molecular weight excluding hydrogens is 306 g/mol. The lowest BCUT2D eigenvalue weighted by Crippen LogP contribution is -2.13. The predicted molar refractivity (Wildman–Crippen MR) is 93.2 cm³/mol. The second-order valence-electron chi connectivity index (χ2n) is 5.62. The van der Waals surface area contributed by atoms with E-state index >= 15 is 0 Å². The summed E-state index contributed by atoms with van der Waals surface area (Å²) in [5, 5.41) is 2.79. The molecule has 2 rings (SSSR count). The molecule has 2 aromatic rings. The van der Waals surface area contributed by atoms with Gasteiger partial charge in [0.15, 0.2) is 17.3 Å². The lowest BCUT2D eigenvalue weighted by Gasteiger charge is -2.14. The first-order valence-corrected chi connectivity index (χ1v) is 7.67. The van der Waals surface area contributed by atoms with Crippen LogP contribution in [0.1, 0.15) is 41.5 Å².